The molecule has 1 unspecified atom stereocenters. The van der Waals surface area contributed by atoms with E-state index in [-0.39, 0.29) is 11.9 Å². The van der Waals surface area contributed by atoms with E-state index in [1.54, 1.807) is 0 Å². The minimum absolute atomic E-state index is 0.0880. The predicted molar refractivity (Wildman–Crippen MR) is 95.4 cm³/mol. The first-order valence-corrected chi connectivity index (χ1v) is 8.38. The van der Waals surface area contributed by atoms with Gasteiger partial charge in [-0.15, -0.1) is 0 Å². The second-order valence-corrected chi connectivity index (χ2v) is 6.07. The van der Waals surface area contributed by atoms with Crippen molar-refractivity contribution in [1.29, 1.82) is 0 Å². The van der Waals surface area contributed by atoms with Crippen molar-refractivity contribution in [3.05, 3.63) is 36.0 Å². The average molecular weight is 316 g/mol. The zero-order valence-electron chi connectivity index (χ0n) is 14.3. The molecule has 0 aliphatic heterocycles. The predicted octanol–water partition coefficient (Wildman–Crippen LogP) is 1.88. The number of likely N-dealkylation sites (N-methyl/N-ethyl adjacent to an activating group) is 1. The van der Waals surface area contributed by atoms with Gasteiger partial charge in [-0.2, -0.15) is 0 Å². The van der Waals surface area contributed by atoms with E-state index in [0.29, 0.717) is 6.42 Å². The van der Waals surface area contributed by atoms with Gasteiger partial charge in [0.25, 0.3) is 0 Å². The maximum Gasteiger partial charge on any atom is 0.237 e. The standard InChI is InChI=1S/C18H28N4O/c1-4-22(5-2)12-13(3)21-18(23)16(19)10-14-11-20-17-9-7-6-8-15(14)17/h6-9,11,13,16,20H,4-5,10,12,19H2,1-3H3,(H,21,23)/t13?,16-/m0/s1. The molecule has 23 heavy (non-hydrogen) atoms. The molecule has 5 nitrogen and oxygen atoms in total. The van der Waals surface area contributed by atoms with Gasteiger partial charge in [-0.05, 0) is 38.1 Å². The number of nitrogens with zero attached hydrogens (tertiary/aromatic N) is 1. The SMILES string of the molecule is CCN(CC)CC(C)NC(=O)[C@@H](N)Cc1c[nH]c2ccccc12. The maximum atomic E-state index is 12.3. The summed E-state index contributed by atoms with van der Waals surface area (Å²) in [4.78, 5) is 17.8. The summed E-state index contributed by atoms with van der Waals surface area (Å²) in [6.45, 7) is 9.09. The number of nitrogens with two attached hydrogens (primary N) is 1. The highest BCUT2D eigenvalue weighted by molar-refractivity contribution is 5.86. The number of amides is 1. The maximum absolute atomic E-state index is 12.3. The second kappa shape index (κ2) is 8.13. The Morgan fingerprint density at radius 2 is 2.00 bits per heavy atom. The molecule has 126 valence electrons. The van der Waals surface area contributed by atoms with Crippen LogP contribution in [0, 0.1) is 0 Å². The summed E-state index contributed by atoms with van der Waals surface area (Å²) in [6.07, 6.45) is 2.48. The van der Waals surface area contributed by atoms with E-state index in [9.17, 15) is 4.79 Å². The Morgan fingerprint density at radius 3 is 2.70 bits per heavy atom. The Hall–Kier alpha value is -1.85. The van der Waals surface area contributed by atoms with E-state index in [0.717, 1.165) is 36.1 Å². The van der Waals surface area contributed by atoms with Gasteiger partial charge in [-0.3, -0.25) is 4.79 Å². The Labute approximate surface area is 138 Å². The van der Waals surface area contributed by atoms with E-state index in [1.807, 2.05) is 31.3 Å². The first-order chi connectivity index (χ1) is 11.0. The van der Waals surface area contributed by atoms with Crippen LogP contribution in [0.3, 0.4) is 0 Å². The summed E-state index contributed by atoms with van der Waals surface area (Å²) in [5, 5.41) is 4.15. The molecule has 0 aliphatic carbocycles. The third kappa shape index (κ3) is 4.56. The van der Waals surface area contributed by atoms with Crippen molar-refractivity contribution < 1.29 is 4.79 Å². The quantitative estimate of drug-likeness (QED) is 0.696. The molecule has 0 radical (unpaired) electrons. The molecule has 0 spiro atoms. The van der Waals surface area contributed by atoms with Crippen molar-refractivity contribution in [2.24, 2.45) is 5.73 Å². The number of hydrogen-bond donors (Lipinski definition) is 3. The zero-order valence-corrected chi connectivity index (χ0v) is 14.3. The number of carbonyl (C=O) groups is 1. The van der Waals surface area contributed by atoms with Gasteiger partial charge in [-0.1, -0.05) is 32.0 Å². The summed E-state index contributed by atoms with van der Waals surface area (Å²) in [6, 6.07) is 7.62. The van der Waals surface area contributed by atoms with Gasteiger partial charge >= 0.3 is 0 Å². The lowest BCUT2D eigenvalue weighted by molar-refractivity contribution is -0.123. The summed E-state index contributed by atoms with van der Waals surface area (Å²) >= 11 is 0. The lowest BCUT2D eigenvalue weighted by Gasteiger charge is -2.24. The summed E-state index contributed by atoms with van der Waals surface area (Å²) in [5.41, 5.74) is 8.26. The Bertz CT molecular complexity index is 633. The smallest absolute Gasteiger partial charge is 0.237 e. The van der Waals surface area contributed by atoms with Crippen LogP contribution in [0.4, 0.5) is 0 Å². The highest BCUT2D eigenvalue weighted by Gasteiger charge is 2.18. The molecular formula is C18H28N4O. The van der Waals surface area contributed by atoms with Gasteiger partial charge in [0.1, 0.15) is 0 Å². The number of carbonyl (C=O) groups excluding carboxylic acids is 1. The lowest BCUT2D eigenvalue weighted by atomic mass is 10.0. The topological polar surface area (TPSA) is 74.2 Å². The third-order valence-electron chi connectivity index (χ3n) is 4.27. The average Bonchev–Trinajstić information content (AvgIpc) is 2.95. The Morgan fingerprint density at radius 1 is 1.30 bits per heavy atom. The van der Waals surface area contributed by atoms with Gasteiger partial charge in [0.05, 0.1) is 6.04 Å². The van der Waals surface area contributed by atoms with Crippen molar-refractivity contribution in [2.45, 2.75) is 39.3 Å². The zero-order chi connectivity index (χ0) is 16.8. The van der Waals surface area contributed by atoms with Crippen molar-refractivity contribution >= 4 is 16.8 Å². The minimum atomic E-state index is -0.534. The molecule has 2 atom stereocenters. The van der Waals surface area contributed by atoms with E-state index < -0.39 is 6.04 Å². The van der Waals surface area contributed by atoms with Crippen LogP contribution in [0.5, 0.6) is 0 Å². The number of rotatable bonds is 8. The summed E-state index contributed by atoms with van der Waals surface area (Å²) < 4.78 is 0. The van der Waals surface area contributed by atoms with Crippen LogP contribution in [-0.4, -0.2) is 47.5 Å². The van der Waals surface area contributed by atoms with Crippen LogP contribution in [0.2, 0.25) is 0 Å². The number of para-hydroxylation sites is 1. The fourth-order valence-electron chi connectivity index (χ4n) is 2.89. The molecule has 0 bridgehead atoms. The number of hydrogen-bond acceptors (Lipinski definition) is 3. The van der Waals surface area contributed by atoms with Crippen molar-refractivity contribution in [3.63, 3.8) is 0 Å². The molecule has 2 rings (SSSR count). The lowest BCUT2D eigenvalue weighted by Crippen LogP contribution is -2.49. The van der Waals surface area contributed by atoms with Crippen LogP contribution >= 0.6 is 0 Å². The summed E-state index contributed by atoms with van der Waals surface area (Å²) in [7, 11) is 0. The number of fused-ring (bicyclic) bond motifs is 1. The van der Waals surface area contributed by atoms with Crippen molar-refractivity contribution in [3.8, 4) is 0 Å². The normalized spacial score (nSPS) is 14.1. The van der Waals surface area contributed by atoms with Gasteiger partial charge in [0.2, 0.25) is 5.91 Å². The van der Waals surface area contributed by atoms with Crippen LogP contribution in [0.1, 0.15) is 26.3 Å². The summed E-state index contributed by atoms with van der Waals surface area (Å²) in [5.74, 6) is -0.0880. The molecule has 0 aliphatic rings. The Balaban J connectivity index is 1.92. The molecule has 1 heterocycles. The second-order valence-electron chi connectivity index (χ2n) is 6.07. The number of aromatic amines is 1. The first-order valence-electron chi connectivity index (χ1n) is 8.38. The van der Waals surface area contributed by atoms with Gasteiger partial charge in [0.15, 0.2) is 0 Å². The number of nitrogens with one attached hydrogen (secondary N) is 2. The fourth-order valence-corrected chi connectivity index (χ4v) is 2.89. The van der Waals surface area contributed by atoms with Crippen molar-refractivity contribution in [2.75, 3.05) is 19.6 Å². The minimum Gasteiger partial charge on any atom is -0.361 e. The van der Waals surface area contributed by atoms with E-state index in [2.05, 4.69) is 35.1 Å². The van der Waals surface area contributed by atoms with Crippen LogP contribution in [0.15, 0.2) is 30.5 Å². The monoisotopic (exact) mass is 316 g/mol. The van der Waals surface area contributed by atoms with Crippen LogP contribution in [-0.2, 0) is 11.2 Å². The van der Waals surface area contributed by atoms with E-state index in [4.69, 9.17) is 5.73 Å². The van der Waals surface area contributed by atoms with E-state index >= 15 is 0 Å². The molecule has 0 saturated carbocycles. The Kier molecular flexibility index (Phi) is 6.19. The largest absolute Gasteiger partial charge is 0.361 e. The third-order valence-corrected chi connectivity index (χ3v) is 4.27. The molecule has 0 saturated heterocycles. The highest BCUT2D eigenvalue weighted by atomic mass is 16.2. The molecule has 0 fully saturated rings. The van der Waals surface area contributed by atoms with E-state index in [1.165, 1.54) is 0 Å². The molecule has 5 heteroatoms. The molecule has 1 amide bonds. The number of aromatic nitrogens is 1. The van der Waals surface area contributed by atoms with Gasteiger partial charge in [-0.25, -0.2) is 0 Å². The molecule has 2 aromatic rings. The number of benzene rings is 1. The van der Waals surface area contributed by atoms with Crippen LogP contribution < -0.4 is 11.1 Å². The number of H-pyrrole nitrogens is 1. The highest BCUT2D eigenvalue weighted by Crippen LogP contribution is 2.18. The first kappa shape index (κ1) is 17.5. The molecule has 1 aromatic heterocycles. The molecule has 4 N–H and O–H groups in total. The molecular weight excluding hydrogens is 288 g/mol. The van der Waals surface area contributed by atoms with Gasteiger partial charge in [0, 0.05) is 29.7 Å². The van der Waals surface area contributed by atoms with Crippen molar-refractivity contribution in [1.82, 2.24) is 15.2 Å². The molecule has 1 aromatic carbocycles. The fraction of sp³-hybridized carbons (Fsp3) is 0.500. The van der Waals surface area contributed by atoms with Gasteiger partial charge < -0.3 is 20.9 Å². The van der Waals surface area contributed by atoms with Crippen LogP contribution in [0.25, 0.3) is 10.9 Å².